The number of aromatic nitrogens is 2. The average Bonchev–Trinajstić information content (AvgIpc) is 3.08. The lowest BCUT2D eigenvalue weighted by Crippen LogP contribution is -2.27. The Kier molecular flexibility index (Phi) is 4.33. The number of rotatable bonds is 5. The molecule has 2 heterocycles. The minimum absolute atomic E-state index is 0.0985. The minimum atomic E-state index is -3.72. The van der Waals surface area contributed by atoms with Gasteiger partial charge in [0.2, 0.25) is 10.0 Å². The maximum absolute atomic E-state index is 12.6. The second-order valence-corrected chi connectivity index (χ2v) is 8.47. The third-order valence-corrected chi connectivity index (χ3v) is 6.26. The summed E-state index contributed by atoms with van der Waals surface area (Å²) in [5.74, 6) is 0. The van der Waals surface area contributed by atoms with E-state index in [9.17, 15) is 13.2 Å². The lowest BCUT2D eigenvalue weighted by molar-refractivity contribution is 0.553. The highest BCUT2D eigenvalue weighted by Gasteiger charge is 2.22. The molecule has 0 aliphatic rings. The fraction of sp³-hybridized carbons (Fsp3) is 0.214. The molecule has 3 N–H and O–H groups in total. The molecule has 0 radical (unpaired) electrons. The van der Waals surface area contributed by atoms with Gasteiger partial charge in [0, 0.05) is 4.88 Å². The van der Waals surface area contributed by atoms with Crippen LogP contribution in [0.1, 0.15) is 24.3 Å². The first-order valence-corrected chi connectivity index (χ1v) is 9.56. The first-order chi connectivity index (χ1) is 10.9. The summed E-state index contributed by atoms with van der Waals surface area (Å²) in [5, 5.41) is 0. The highest BCUT2D eigenvalue weighted by atomic mass is 35.5. The Morgan fingerprint density at radius 2 is 1.96 bits per heavy atom. The lowest BCUT2D eigenvalue weighted by Gasteiger charge is -2.15. The number of hydrogen-bond donors (Lipinski definition) is 3. The van der Waals surface area contributed by atoms with E-state index >= 15 is 0 Å². The van der Waals surface area contributed by atoms with Gasteiger partial charge in [0.25, 0.3) is 0 Å². The molecule has 1 unspecified atom stereocenters. The number of halogens is 1. The topological polar surface area (TPSA) is 94.8 Å². The van der Waals surface area contributed by atoms with Gasteiger partial charge < -0.3 is 9.97 Å². The fourth-order valence-corrected chi connectivity index (χ4v) is 4.89. The number of hydrogen-bond acceptors (Lipinski definition) is 4. The van der Waals surface area contributed by atoms with Crippen LogP contribution in [0.15, 0.2) is 40.0 Å². The lowest BCUT2D eigenvalue weighted by atomic mass is 10.2. The molecule has 0 fully saturated rings. The number of nitrogens with one attached hydrogen (secondary N) is 3. The van der Waals surface area contributed by atoms with E-state index < -0.39 is 10.0 Å². The number of benzene rings is 1. The number of fused-ring (bicyclic) bond motifs is 1. The normalized spacial score (nSPS) is 13.5. The smallest absolute Gasteiger partial charge is 0.306 e. The van der Waals surface area contributed by atoms with Crippen molar-refractivity contribution in [1.82, 2.24) is 14.7 Å². The monoisotopic (exact) mass is 371 g/mol. The fourth-order valence-electron chi connectivity index (χ4n) is 2.29. The van der Waals surface area contributed by atoms with Crippen molar-refractivity contribution in [2.24, 2.45) is 0 Å². The van der Waals surface area contributed by atoms with Crippen LogP contribution >= 0.6 is 22.9 Å². The van der Waals surface area contributed by atoms with Crippen LogP contribution < -0.4 is 10.4 Å². The van der Waals surface area contributed by atoms with Crippen LogP contribution in [0.3, 0.4) is 0 Å². The molecular weight excluding hydrogens is 358 g/mol. The molecule has 0 aliphatic carbocycles. The summed E-state index contributed by atoms with van der Waals surface area (Å²) in [7, 11) is -3.72. The maximum Gasteiger partial charge on any atom is 0.323 e. The van der Waals surface area contributed by atoms with Crippen LogP contribution in [0.5, 0.6) is 0 Å². The first kappa shape index (κ1) is 16.3. The van der Waals surface area contributed by atoms with Crippen molar-refractivity contribution < 1.29 is 8.42 Å². The molecule has 0 spiro atoms. The zero-order chi connectivity index (χ0) is 16.6. The van der Waals surface area contributed by atoms with Gasteiger partial charge in [-0.2, -0.15) is 0 Å². The van der Waals surface area contributed by atoms with Crippen molar-refractivity contribution in [1.29, 1.82) is 0 Å². The molecule has 1 atom stereocenters. The standard InChI is InChI=1S/C14H14ClN3O3S2/c1-2-9(12-5-6-13(15)22-12)18-23(20,21)8-3-4-10-11(7-8)17-14(19)16-10/h3-7,9,18H,2H2,1H3,(H2,16,17,19). The number of imidazole rings is 1. The van der Waals surface area contributed by atoms with Gasteiger partial charge in [-0.15, -0.1) is 11.3 Å². The van der Waals surface area contributed by atoms with E-state index in [0.717, 1.165) is 4.88 Å². The highest BCUT2D eigenvalue weighted by molar-refractivity contribution is 7.89. The van der Waals surface area contributed by atoms with Crippen LogP contribution in [0, 0.1) is 0 Å². The van der Waals surface area contributed by atoms with Gasteiger partial charge in [-0.1, -0.05) is 18.5 Å². The summed E-state index contributed by atoms with van der Waals surface area (Å²) in [6.45, 7) is 1.90. The van der Waals surface area contributed by atoms with E-state index in [2.05, 4.69) is 14.7 Å². The van der Waals surface area contributed by atoms with E-state index in [1.165, 1.54) is 23.5 Å². The van der Waals surface area contributed by atoms with Crippen LogP contribution in [-0.2, 0) is 10.0 Å². The van der Waals surface area contributed by atoms with Gasteiger partial charge in [-0.05, 0) is 36.8 Å². The quantitative estimate of drug-likeness (QED) is 0.643. The molecule has 0 aliphatic heterocycles. The number of H-pyrrole nitrogens is 2. The Balaban J connectivity index is 1.93. The SMILES string of the molecule is CCC(NS(=O)(=O)c1ccc2[nH]c(=O)[nH]c2c1)c1ccc(Cl)s1. The van der Waals surface area contributed by atoms with Gasteiger partial charge in [0.15, 0.2) is 0 Å². The molecule has 9 heteroatoms. The molecule has 0 saturated carbocycles. The zero-order valence-corrected chi connectivity index (χ0v) is 14.5. The number of thiophene rings is 1. The average molecular weight is 372 g/mol. The second kappa shape index (κ2) is 6.12. The summed E-state index contributed by atoms with van der Waals surface area (Å²) < 4.78 is 28.5. The molecule has 1 aromatic carbocycles. The van der Waals surface area contributed by atoms with Crippen molar-refractivity contribution in [3.8, 4) is 0 Å². The van der Waals surface area contributed by atoms with Crippen LogP contribution in [0.2, 0.25) is 4.34 Å². The molecule has 0 amide bonds. The van der Waals surface area contributed by atoms with Crippen molar-refractivity contribution >= 4 is 44.0 Å². The first-order valence-electron chi connectivity index (χ1n) is 6.88. The molecule has 23 heavy (non-hydrogen) atoms. The van der Waals surface area contributed by atoms with Crippen molar-refractivity contribution in [3.63, 3.8) is 0 Å². The summed E-state index contributed by atoms with van der Waals surface area (Å²) in [5.41, 5.74) is 0.637. The Morgan fingerprint density at radius 3 is 2.61 bits per heavy atom. The van der Waals surface area contributed by atoms with E-state index in [1.54, 1.807) is 12.1 Å². The second-order valence-electron chi connectivity index (χ2n) is 5.01. The Labute approximate surface area is 141 Å². The van der Waals surface area contributed by atoms with E-state index in [-0.39, 0.29) is 16.6 Å². The molecule has 6 nitrogen and oxygen atoms in total. The number of sulfonamides is 1. The van der Waals surface area contributed by atoms with Crippen LogP contribution in [0.4, 0.5) is 0 Å². The number of aromatic amines is 2. The van der Waals surface area contributed by atoms with Crippen molar-refractivity contribution in [2.45, 2.75) is 24.3 Å². The van der Waals surface area contributed by atoms with Gasteiger partial charge in [0.05, 0.1) is 26.3 Å². The Morgan fingerprint density at radius 1 is 1.22 bits per heavy atom. The minimum Gasteiger partial charge on any atom is -0.306 e. The third-order valence-electron chi connectivity index (χ3n) is 3.44. The molecule has 0 saturated heterocycles. The molecule has 0 bridgehead atoms. The van der Waals surface area contributed by atoms with Gasteiger partial charge in [0.1, 0.15) is 0 Å². The molecule has 3 aromatic rings. The summed E-state index contributed by atoms with van der Waals surface area (Å²) in [6, 6.07) is 7.67. The van der Waals surface area contributed by atoms with Crippen molar-refractivity contribution in [3.05, 3.63) is 50.0 Å². The Hall–Kier alpha value is -1.61. The summed E-state index contributed by atoms with van der Waals surface area (Å²) in [4.78, 5) is 17.4. The highest BCUT2D eigenvalue weighted by Crippen LogP contribution is 2.30. The zero-order valence-electron chi connectivity index (χ0n) is 12.1. The van der Waals surface area contributed by atoms with Gasteiger partial charge >= 0.3 is 5.69 Å². The van der Waals surface area contributed by atoms with Crippen LogP contribution in [0.25, 0.3) is 11.0 Å². The summed E-state index contributed by atoms with van der Waals surface area (Å²) in [6.07, 6.45) is 0.597. The predicted octanol–water partition coefficient (Wildman–Crippen LogP) is 3.00. The van der Waals surface area contributed by atoms with Gasteiger partial charge in [-0.3, -0.25) is 0 Å². The molecule has 122 valence electrons. The van der Waals surface area contributed by atoms with Gasteiger partial charge in [-0.25, -0.2) is 17.9 Å². The van der Waals surface area contributed by atoms with E-state index in [1.807, 2.05) is 13.0 Å². The Bertz CT molecular complexity index is 1000. The summed E-state index contributed by atoms with van der Waals surface area (Å²) >= 11 is 7.27. The third kappa shape index (κ3) is 3.35. The molecule has 3 rings (SSSR count). The van der Waals surface area contributed by atoms with E-state index in [0.29, 0.717) is 21.8 Å². The van der Waals surface area contributed by atoms with Crippen LogP contribution in [-0.4, -0.2) is 18.4 Å². The largest absolute Gasteiger partial charge is 0.323 e. The molecule has 2 aromatic heterocycles. The predicted molar refractivity (Wildman–Crippen MR) is 91.6 cm³/mol. The van der Waals surface area contributed by atoms with E-state index in [4.69, 9.17) is 11.6 Å². The van der Waals surface area contributed by atoms with Crippen molar-refractivity contribution in [2.75, 3.05) is 0 Å². The maximum atomic E-state index is 12.6. The molecular formula is C14H14ClN3O3S2.